The number of carboxylic acid groups (broad SMARTS) is 3. The molecule has 1 atom stereocenters. The Morgan fingerprint density at radius 1 is 1.11 bits per heavy atom. The first-order valence-electron chi connectivity index (χ1n) is 14.2. The zero-order valence-electron chi connectivity index (χ0n) is 24.5. The van der Waals surface area contributed by atoms with Crippen LogP contribution in [0.25, 0.3) is 0 Å². The molecule has 2 aromatic rings. The van der Waals surface area contributed by atoms with Gasteiger partial charge in [0.25, 0.3) is 0 Å². The number of fused-ring (bicyclic) bond motifs is 2. The van der Waals surface area contributed by atoms with Gasteiger partial charge in [0.15, 0.2) is 5.60 Å². The van der Waals surface area contributed by atoms with Gasteiger partial charge in [0.1, 0.15) is 5.82 Å². The van der Waals surface area contributed by atoms with Gasteiger partial charge in [-0.25, -0.2) is 9.18 Å². The van der Waals surface area contributed by atoms with E-state index in [0.717, 1.165) is 37.1 Å². The van der Waals surface area contributed by atoms with Crippen LogP contribution in [-0.4, -0.2) is 114 Å². The molecule has 0 aliphatic carbocycles. The molecule has 1 aromatic carbocycles. The zero-order valence-corrected chi connectivity index (χ0v) is 24.5. The number of hydrogen-bond donors (Lipinski definition) is 5. The summed E-state index contributed by atoms with van der Waals surface area (Å²) in [6, 6.07) is 6.80. The van der Waals surface area contributed by atoms with Gasteiger partial charge in [-0.05, 0) is 48.6 Å². The van der Waals surface area contributed by atoms with E-state index in [1.807, 2.05) is 18.3 Å². The Bertz CT molecular complexity index is 1280. The minimum Gasteiger partial charge on any atom is -0.481 e. The van der Waals surface area contributed by atoms with Crippen LogP contribution in [0.15, 0.2) is 36.7 Å². The highest BCUT2D eigenvalue weighted by Gasteiger charge is 2.43. The van der Waals surface area contributed by atoms with E-state index in [4.69, 9.17) is 30.3 Å². The summed E-state index contributed by atoms with van der Waals surface area (Å²) in [6.07, 6.45) is 3.44. The second kappa shape index (κ2) is 15.2. The van der Waals surface area contributed by atoms with Crippen LogP contribution in [0.1, 0.15) is 43.2 Å². The second-order valence-corrected chi connectivity index (χ2v) is 11.1. The minimum atomic E-state index is -2.74. The van der Waals surface area contributed by atoms with Crippen LogP contribution < -0.4 is 0 Å². The number of nitrogens with zero attached hydrogens (tertiary/aromatic N) is 4. The van der Waals surface area contributed by atoms with E-state index in [1.165, 1.54) is 6.07 Å². The number of carboxylic acids is 3. The Morgan fingerprint density at radius 2 is 1.77 bits per heavy atom. The number of aliphatic hydroxyl groups excluding tert-OH is 1. The summed E-state index contributed by atoms with van der Waals surface area (Å²) in [5, 5.41) is 47.2. The van der Waals surface area contributed by atoms with Crippen molar-refractivity contribution in [2.45, 2.75) is 56.5 Å². The van der Waals surface area contributed by atoms with Crippen LogP contribution in [0.5, 0.6) is 0 Å². The molecule has 3 heterocycles. The van der Waals surface area contributed by atoms with Crippen LogP contribution in [0.3, 0.4) is 0 Å². The highest BCUT2D eigenvalue weighted by atomic mass is 19.1. The Hall–Kier alpha value is -3.92. The number of carbonyl (C=O) groups excluding carboxylic acids is 1. The number of rotatable bonds is 13. The largest absolute Gasteiger partial charge is 0.481 e. The summed E-state index contributed by atoms with van der Waals surface area (Å²) in [5.74, 6) is -5.41. The first kappa shape index (κ1) is 34.6. The molecular weight excluding hydrogens is 583 g/mol. The Labute approximate surface area is 253 Å². The third-order valence-electron chi connectivity index (χ3n) is 7.84. The molecule has 242 valence electrons. The van der Waals surface area contributed by atoms with Crippen molar-refractivity contribution in [3.05, 3.63) is 53.6 Å². The van der Waals surface area contributed by atoms with Gasteiger partial charge in [-0.2, -0.15) is 5.10 Å². The van der Waals surface area contributed by atoms with Crippen molar-refractivity contribution in [2.24, 2.45) is 5.92 Å². The highest BCUT2D eigenvalue weighted by molar-refractivity contribution is 5.88. The second-order valence-electron chi connectivity index (χ2n) is 11.1. The van der Waals surface area contributed by atoms with Crippen LogP contribution in [0.4, 0.5) is 4.39 Å². The van der Waals surface area contributed by atoms with Crippen molar-refractivity contribution in [1.82, 2.24) is 19.6 Å². The van der Waals surface area contributed by atoms with Crippen molar-refractivity contribution < 1.29 is 53.8 Å². The van der Waals surface area contributed by atoms with Gasteiger partial charge in [-0.1, -0.05) is 6.07 Å². The van der Waals surface area contributed by atoms with E-state index >= 15 is 0 Å². The number of ether oxygens (including phenoxy) is 1. The van der Waals surface area contributed by atoms with Gasteiger partial charge in [0.05, 0.1) is 37.5 Å². The van der Waals surface area contributed by atoms with Crippen LogP contribution >= 0.6 is 0 Å². The Morgan fingerprint density at radius 3 is 2.32 bits per heavy atom. The van der Waals surface area contributed by atoms with Crippen LogP contribution in [0.2, 0.25) is 0 Å². The lowest BCUT2D eigenvalue weighted by atomic mass is 9.83. The maximum atomic E-state index is 13.8. The molecule has 0 radical (unpaired) electrons. The molecule has 1 saturated heterocycles. The number of hydrogen-bond acceptors (Lipinski definition) is 9. The normalized spacial score (nSPS) is 16.5. The molecule has 5 N–H and O–H groups in total. The molecule has 1 unspecified atom stereocenters. The first-order valence-corrected chi connectivity index (χ1v) is 14.2. The molecule has 1 amide bonds. The Balaban J connectivity index is 0.000000345. The maximum Gasteiger partial charge on any atom is 0.336 e. The monoisotopic (exact) mass is 622 g/mol. The lowest BCUT2D eigenvalue weighted by molar-refractivity contribution is -0.170. The summed E-state index contributed by atoms with van der Waals surface area (Å²) in [4.78, 5) is 47.6. The molecule has 2 aliphatic rings. The van der Waals surface area contributed by atoms with Gasteiger partial charge >= 0.3 is 17.9 Å². The lowest BCUT2D eigenvalue weighted by Crippen LogP contribution is -2.47. The smallest absolute Gasteiger partial charge is 0.336 e. The summed E-state index contributed by atoms with van der Waals surface area (Å²) in [5.41, 5.74) is -1.09. The summed E-state index contributed by atoms with van der Waals surface area (Å²) < 4.78 is 21.8. The quantitative estimate of drug-likeness (QED) is 0.210. The van der Waals surface area contributed by atoms with Crippen molar-refractivity contribution in [1.29, 1.82) is 0 Å². The van der Waals surface area contributed by atoms with Crippen molar-refractivity contribution in [3.8, 4) is 0 Å². The Kier molecular flexibility index (Phi) is 11.9. The van der Waals surface area contributed by atoms with Crippen molar-refractivity contribution >= 4 is 23.8 Å². The number of halogens is 1. The molecule has 0 bridgehead atoms. The van der Waals surface area contributed by atoms with E-state index in [-0.39, 0.29) is 24.2 Å². The molecule has 2 aliphatic heterocycles. The average molecular weight is 623 g/mol. The predicted molar refractivity (Wildman–Crippen MR) is 151 cm³/mol. The van der Waals surface area contributed by atoms with E-state index < -0.39 is 42.0 Å². The fourth-order valence-electron chi connectivity index (χ4n) is 5.51. The molecule has 1 aromatic heterocycles. The third kappa shape index (κ3) is 9.05. The number of piperidine rings is 1. The van der Waals surface area contributed by atoms with Crippen LogP contribution in [-0.2, 0) is 42.7 Å². The zero-order chi connectivity index (χ0) is 32.5. The molecule has 44 heavy (non-hydrogen) atoms. The number of aromatic nitrogens is 2. The summed E-state index contributed by atoms with van der Waals surface area (Å²) >= 11 is 0. The molecular formula is C29H39FN4O10. The van der Waals surface area contributed by atoms with E-state index in [2.05, 4.69) is 10.00 Å². The molecule has 4 rings (SSSR count). The van der Waals surface area contributed by atoms with Gasteiger partial charge in [0.2, 0.25) is 5.91 Å². The predicted octanol–water partition coefficient (Wildman–Crippen LogP) is 0.752. The van der Waals surface area contributed by atoms with E-state index in [1.54, 1.807) is 28.9 Å². The maximum absolute atomic E-state index is 13.8. The number of aliphatic hydroxyl groups is 2. The van der Waals surface area contributed by atoms with Gasteiger partial charge < -0.3 is 40.1 Å². The molecule has 15 heteroatoms. The summed E-state index contributed by atoms with van der Waals surface area (Å²) in [6.45, 7) is 3.86. The standard InChI is InChI=1S/C23H31FN4O3.C6H8O7/c1-26(9-3-13-29)22(30)19(16-28-10-2-8-25-28)15-27-11-6-23(7-12-27)21-14-20(24)5-4-18(21)17-31-23;7-3(8)1-6(13,5(11)12)2-4(9)10/h2,4-5,8,10,14,19,29H,3,6-7,9,11-13,15-17H2,1H3;13H,1-2H2,(H,7,8)(H,9,10)(H,11,12). The number of likely N-dealkylation sites (tertiary alicyclic amines) is 1. The summed E-state index contributed by atoms with van der Waals surface area (Å²) in [7, 11) is 1.79. The minimum absolute atomic E-state index is 0.0637. The number of aliphatic carboxylic acids is 3. The van der Waals surface area contributed by atoms with Crippen molar-refractivity contribution in [3.63, 3.8) is 0 Å². The number of benzene rings is 1. The van der Waals surface area contributed by atoms with E-state index in [0.29, 0.717) is 32.7 Å². The lowest BCUT2D eigenvalue weighted by Gasteiger charge is -2.40. The molecule has 1 fully saturated rings. The fourth-order valence-corrected chi connectivity index (χ4v) is 5.51. The molecule has 0 saturated carbocycles. The average Bonchev–Trinajstić information content (AvgIpc) is 3.60. The number of carbonyl (C=O) groups is 4. The third-order valence-corrected chi connectivity index (χ3v) is 7.84. The molecule has 14 nitrogen and oxygen atoms in total. The molecule has 1 spiro atoms. The van der Waals surface area contributed by atoms with Gasteiger partial charge in [-0.3, -0.25) is 19.1 Å². The highest BCUT2D eigenvalue weighted by Crippen LogP contribution is 2.44. The first-order chi connectivity index (χ1) is 20.8. The van der Waals surface area contributed by atoms with E-state index in [9.17, 15) is 23.6 Å². The topological polar surface area (TPSA) is 203 Å². The van der Waals surface area contributed by atoms with Gasteiger partial charge in [-0.15, -0.1) is 0 Å². The SMILES string of the molecule is CN(CCCO)C(=O)C(CN1CCC2(CC1)OCc1ccc(F)cc12)Cn1cccn1.O=C(O)CC(O)(CC(=O)O)C(=O)O. The van der Waals surface area contributed by atoms with Crippen LogP contribution in [0, 0.1) is 11.7 Å². The fraction of sp³-hybridized carbons (Fsp3) is 0.552. The van der Waals surface area contributed by atoms with Gasteiger partial charge in [0, 0.05) is 52.2 Å². The van der Waals surface area contributed by atoms with Crippen molar-refractivity contribution in [2.75, 3.05) is 39.8 Å². The number of amides is 1.